The lowest BCUT2D eigenvalue weighted by Crippen LogP contribution is -2.31. The molecule has 1 aromatic heterocycles. The summed E-state index contributed by atoms with van der Waals surface area (Å²) in [5.74, 6) is -0.535. The number of hydrogen-bond acceptors (Lipinski definition) is 8. The van der Waals surface area contributed by atoms with Crippen LogP contribution in [0.3, 0.4) is 0 Å². The van der Waals surface area contributed by atoms with Gasteiger partial charge in [-0.05, 0) is 67.9 Å². The van der Waals surface area contributed by atoms with Gasteiger partial charge in [-0.25, -0.2) is 0 Å². The Labute approximate surface area is 305 Å². The summed E-state index contributed by atoms with van der Waals surface area (Å²) in [5.41, 5.74) is 21.2. The molecule has 274 valence electrons. The van der Waals surface area contributed by atoms with Gasteiger partial charge in [0.1, 0.15) is 11.5 Å². The van der Waals surface area contributed by atoms with Gasteiger partial charge < -0.3 is 37.2 Å². The van der Waals surface area contributed by atoms with Crippen LogP contribution < -0.4 is 32.3 Å². The van der Waals surface area contributed by atoms with E-state index in [1.165, 1.54) is 30.0 Å². The van der Waals surface area contributed by atoms with E-state index in [1.807, 2.05) is 57.2 Å². The Balaban J connectivity index is 0.00000345. The molecule has 1 fully saturated rings. The number of benzene rings is 1. The molecule has 4 rings (SSSR count). The van der Waals surface area contributed by atoms with Crippen LogP contribution in [0.2, 0.25) is 0 Å². The van der Waals surface area contributed by atoms with Gasteiger partial charge in [-0.15, -0.1) is 0 Å². The maximum absolute atomic E-state index is 12.7. The minimum Gasteiger partial charge on any atom is -0.393 e. The van der Waals surface area contributed by atoms with Crippen LogP contribution in [0.25, 0.3) is 5.57 Å². The molecule has 2 heterocycles. The highest BCUT2D eigenvalue weighted by Crippen LogP contribution is 2.36. The molecule has 1 aliphatic carbocycles. The molecule has 0 spiro atoms. The monoisotopic (exact) mass is 694 g/mol. The number of carbonyl (C=O) groups excluding carboxylic acids is 2. The third kappa shape index (κ3) is 11.1. The van der Waals surface area contributed by atoms with E-state index in [1.54, 1.807) is 0 Å². The summed E-state index contributed by atoms with van der Waals surface area (Å²) in [4.78, 5) is 34.1. The van der Waals surface area contributed by atoms with Crippen molar-refractivity contribution in [1.29, 1.82) is 0 Å². The van der Waals surface area contributed by atoms with Crippen LogP contribution >= 0.6 is 0 Å². The molecule has 2 aromatic rings. The predicted molar refractivity (Wildman–Crippen MR) is 212 cm³/mol. The smallest absolute Gasteiger partial charge is 0.269 e. The Morgan fingerprint density at radius 1 is 1.06 bits per heavy atom. The maximum atomic E-state index is 12.7. The average molecular weight is 695 g/mol. The predicted octanol–water partition coefficient (Wildman–Crippen LogP) is 6.48. The van der Waals surface area contributed by atoms with Crippen LogP contribution in [-0.2, 0) is 22.6 Å². The van der Waals surface area contributed by atoms with Gasteiger partial charge in [-0.2, -0.15) is 0 Å². The Kier molecular flexibility index (Phi) is 15.6. The molecule has 51 heavy (non-hydrogen) atoms. The number of amides is 2. The van der Waals surface area contributed by atoms with Crippen LogP contribution in [0.5, 0.6) is 0 Å². The van der Waals surface area contributed by atoms with Crippen LogP contribution in [0.4, 0.5) is 11.4 Å². The first kappa shape index (κ1) is 40.2. The summed E-state index contributed by atoms with van der Waals surface area (Å²) in [6.07, 6.45) is 18.8. The maximum Gasteiger partial charge on any atom is 0.269 e. The van der Waals surface area contributed by atoms with E-state index in [2.05, 4.69) is 89.1 Å². The molecule has 0 unspecified atom stereocenters. The molecule has 2 aliphatic rings. The van der Waals surface area contributed by atoms with Crippen molar-refractivity contribution in [2.75, 3.05) is 37.9 Å². The standard InChI is InChI=1S/C39H52N8O2.C2H6/c1-7-9-13-27(18-17-26(3)34(12-8-2)47-23-21-28-14-11-22-43-33(28)25-47)30-15-10-16-31(37(30)46(5)6)44-32(36(41)39(49)42-4)24-35(40)45-38(48)29-19-20-29;1-2/h9-18,22,24,29,44H,7-8,19-21,23,25,40-41H2,1-6H3,(H,42,49)(H,45,48);1-2H3/b13-9+,26-17+,27-18+,34-12+,35-24+,36-32+;. The third-order valence-electron chi connectivity index (χ3n) is 8.51. The van der Waals surface area contributed by atoms with Crippen LogP contribution in [-0.4, -0.2) is 49.4 Å². The molecule has 0 saturated heterocycles. The number of nitrogens with zero attached hydrogens (tertiary/aromatic N) is 3. The number of allylic oxidation sites excluding steroid dienone is 8. The number of rotatable bonds is 14. The van der Waals surface area contributed by atoms with Gasteiger partial charge in [-0.1, -0.05) is 76.3 Å². The van der Waals surface area contributed by atoms with Gasteiger partial charge in [0.2, 0.25) is 5.91 Å². The van der Waals surface area contributed by atoms with Crippen molar-refractivity contribution in [3.05, 3.63) is 118 Å². The first-order valence-corrected chi connectivity index (χ1v) is 18.1. The molecule has 0 radical (unpaired) electrons. The highest BCUT2D eigenvalue weighted by Gasteiger charge is 2.30. The van der Waals surface area contributed by atoms with Gasteiger partial charge in [0, 0.05) is 57.1 Å². The van der Waals surface area contributed by atoms with E-state index in [-0.39, 0.29) is 29.0 Å². The second-order valence-corrected chi connectivity index (χ2v) is 12.6. The molecule has 10 heteroatoms. The van der Waals surface area contributed by atoms with Crippen molar-refractivity contribution in [2.24, 2.45) is 17.4 Å². The number of carbonyl (C=O) groups is 2. The van der Waals surface area contributed by atoms with E-state index >= 15 is 0 Å². The molecule has 10 nitrogen and oxygen atoms in total. The lowest BCUT2D eigenvalue weighted by Gasteiger charge is -2.32. The molecule has 7 N–H and O–H groups in total. The quantitative estimate of drug-likeness (QED) is 0.112. The van der Waals surface area contributed by atoms with Gasteiger partial charge in [0.05, 0.1) is 29.3 Å². The fraction of sp³-hybridized carbons (Fsp3) is 0.390. The molecule has 0 bridgehead atoms. The molecule has 2 amide bonds. The van der Waals surface area contributed by atoms with Crippen molar-refractivity contribution < 1.29 is 9.59 Å². The van der Waals surface area contributed by atoms with Crippen molar-refractivity contribution >= 4 is 28.8 Å². The summed E-state index contributed by atoms with van der Waals surface area (Å²) in [6.45, 7) is 12.2. The highest BCUT2D eigenvalue weighted by atomic mass is 16.2. The number of anilines is 2. The largest absolute Gasteiger partial charge is 0.393 e. The Morgan fingerprint density at radius 3 is 2.45 bits per heavy atom. The van der Waals surface area contributed by atoms with Crippen molar-refractivity contribution in [2.45, 2.75) is 73.3 Å². The number of hydrogen-bond donors (Lipinski definition) is 5. The molecule has 1 aromatic carbocycles. The number of para-hydroxylation sites is 1. The van der Waals surface area contributed by atoms with Crippen molar-refractivity contribution in [3.63, 3.8) is 0 Å². The lowest BCUT2D eigenvalue weighted by atomic mass is 9.98. The molecular weight excluding hydrogens is 637 g/mol. The van der Waals surface area contributed by atoms with E-state index in [4.69, 9.17) is 11.5 Å². The Bertz CT molecular complexity index is 1710. The van der Waals surface area contributed by atoms with E-state index < -0.39 is 5.91 Å². The second kappa shape index (κ2) is 19.8. The molecular formula is C41H58N8O2. The zero-order chi connectivity index (χ0) is 37.5. The van der Waals surface area contributed by atoms with Crippen LogP contribution in [0, 0.1) is 5.92 Å². The second-order valence-electron chi connectivity index (χ2n) is 12.6. The normalized spacial score (nSPS) is 15.7. The Morgan fingerprint density at radius 2 is 1.80 bits per heavy atom. The molecule has 1 aliphatic heterocycles. The zero-order valence-corrected chi connectivity index (χ0v) is 31.8. The molecule has 1 saturated carbocycles. The first-order chi connectivity index (χ1) is 24.6. The summed E-state index contributed by atoms with van der Waals surface area (Å²) in [5, 5.41) is 8.65. The van der Waals surface area contributed by atoms with Crippen LogP contribution in [0.15, 0.2) is 101 Å². The minimum absolute atomic E-state index is 0.0261. The lowest BCUT2D eigenvalue weighted by molar-refractivity contribution is -0.121. The number of fused-ring (bicyclic) bond motifs is 1. The SMILES string of the molecule is CC.CC/C=C/C(=C\C=C(C)\C(=C/CC)N1CCc2cccnc2C1)c1cccc(NC(/C=C(\N)NC(=O)C2CC2)=C(/N)C(=O)NC)c1N(C)C. The summed E-state index contributed by atoms with van der Waals surface area (Å²) in [6, 6.07) is 10.2. The fourth-order valence-corrected chi connectivity index (χ4v) is 5.80. The van der Waals surface area contributed by atoms with E-state index in [9.17, 15) is 9.59 Å². The number of nitrogens with two attached hydrogens (primary N) is 2. The van der Waals surface area contributed by atoms with Crippen LogP contribution in [0.1, 0.15) is 77.1 Å². The molecule has 0 atom stereocenters. The summed E-state index contributed by atoms with van der Waals surface area (Å²) in [7, 11) is 5.46. The zero-order valence-electron chi connectivity index (χ0n) is 31.8. The van der Waals surface area contributed by atoms with Gasteiger partial charge in [0.15, 0.2) is 0 Å². The number of pyridine rings is 1. The Hall–Kier alpha value is -5.25. The summed E-state index contributed by atoms with van der Waals surface area (Å²) < 4.78 is 0. The van der Waals surface area contributed by atoms with Gasteiger partial charge in [0.25, 0.3) is 5.91 Å². The highest BCUT2D eigenvalue weighted by molar-refractivity contribution is 5.95. The number of nitrogens with one attached hydrogen (secondary N) is 3. The third-order valence-corrected chi connectivity index (χ3v) is 8.51. The van der Waals surface area contributed by atoms with Crippen molar-refractivity contribution in [1.82, 2.24) is 20.5 Å². The van der Waals surface area contributed by atoms with E-state index in [0.29, 0.717) is 5.69 Å². The van der Waals surface area contributed by atoms with Gasteiger partial charge >= 0.3 is 0 Å². The minimum atomic E-state index is -0.474. The van der Waals surface area contributed by atoms with Crippen molar-refractivity contribution in [3.8, 4) is 0 Å². The van der Waals surface area contributed by atoms with Gasteiger partial charge in [-0.3, -0.25) is 14.6 Å². The first-order valence-electron chi connectivity index (χ1n) is 18.1. The average Bonchev–Trinajstić information content (AvgIpc) is 3.99. The topological polar surface area (TPSA) is 142 Å². The number of aromatic nitrogens is 1. The summed E-state index contributed by atoms with van der Waals surface area (Å²) >= 11 is 0. The van der Waals surface area contributed by atoms with E-state index in [0.717, 1.165) is 67.7 Å². The fourth-order valence-electron chi connectivity index (χ4n) is 5.80. The number of likely N-dealkylation sites (N-methyl/N-ethyl adjacent to an activating group) is 1.